The molecule has 0 bridgehead atoms. The van der Waals surface area contributed by atoms with E-state index in [0.717, 1.165) is 0 Å². The summed E-state index contributed by atoms with van der Waals surface area (Å²) in [4.78, 5) is 34.7. The first-order valence-electron chi connectivity index (χ1n) is 12.7. The average Bonchev–Trinajstić information content (AvgIpc) is 3.73. The Morgan fingerprint density at radius 3 is 2.61 bits per heavy atom. The fourth-order valence-corrected chi connectivity index (χ4v) is 6.99. The van der Waals surface area contributed by atoms with E-state index in [1.54, 1.807) is 0 Å². The topological polar surface area (TPSA) is 260 Å². The van der Waals surface area contributed by atoms with E-state index in [1.807, 2.05) is 0 Å². The lowest BCUT2D eigenvalue weighted by Crippen LogP contribution is -2.31. The second kappa shape index (κ2) is 12.3. The molecule has 2 fully saturated rings. The van der Waals surface area contributed by atoms with Crippen LogP contribution >= 0.6 is 38.5 Å². The van der Waals surface area contributed by atoms with Gasteiger partial charge in [-0.15, -0.1) is 0 Å². The van der Waals surface area contributed by atoms with E-state index >= 15 is 4.39 Å². The maximum atomic E-state index is 15.2. The van der Waals surface area contributed by atoms with E-state index in [4.69, 9.17) is 34.5 Å². The van der Waals surface area contributed by atoms with Crippen LogP contribution in [0.4, 0.5) is 16.2 Å². The Kier molecular flexibility index (Phi) is 8.74. The van der Waals surface area contributed by atoms with Gasteiger partial charge in [0.25, 0.3) is 5.56 Å². The van der Waals surface area contributed by atoms with Crippen molar-refractivity contribution in [1.82, 2.24) is 39.0 Å². The fourth-order valence-electron chi connectivity index (χ4n) is 4.95. The molecule has 6 rings (SSSR count). The molecule has 2 saturated heterocycles. The van der Waals surface area contributed by atoms with E-state index in [0.29, 0.717) is 0 Å². The zero-order valence-electron chi connectivity index (χ0n) is 22.1. The van der Waals surface area contributed by atoms with Gasteiger partial charge in [-0.05, 0) is 0 Å². The molecule has 0 radical (unpaired) electrons. The number of imidazole rings is 2. The number of nitrogens with one attached hydrogen (secondary N) is 1. The van der Waals surface area contributed by atoms with Crippen LogP contribution in [0.15, 0.2) is 23.8 Å². The molecule has 44 heavy (non-hydrogen) atoms. The number of anilines is 2. The van der Waals surface area contributed by atoms with E-state index in [2.05, 4.69) is 54.4 Å². The number of halogens is 1. The van der Waals surface area contributed by atoms with Crippen LogP contribution in [0.25, 0.3) is 22.3 Å². The summed E-state index contributed by atoms with van der Waals surface area (Å²) in [6, 6.07) is 0. The molecule has 4 aromatic heterocycles. The number of hydrogen-bond donors (Lipinski definition) is 6. The number of aromatic nitrogens is 8. The van der Waals surface area contributed by atoms with Gasteiger partial charge < -0.3 is 30.6 Å². The quantitative estimate of drug-likeness (QED) is 0.0990. The third kappa shape index (κ3) is 6.11. The van der Waals surface area contributed by atoms with Gasteiger partial charge in [0.1, 0.15) is 30.2 Å². The third-order valence-corrected chi connectivity index (χ3v) is 9.33. The number of ether oxygens (including phenoxy) is 2. The first kappa shape index (κ1) is 31.3. The SMILES string of the molecule is Nc1nc2c(ncn2[C@@H]2O[C@H](CO[PH](=O)S)CC2OP(=O)(S)OC[C@H]2O[C@@H](n3cnc4c(N)ncnc43)C(F)C2O)c(=O)[nH]1. The molecule has 6 N–H and O–H groups in total. The summed E-state index contributed by atoms with van der Waals surface area (Å²) < 4.78 is 70.5. The van der Waals surface area contributed by atoms with Crippen LogP contribution in [0.2, 0.25) is 0 Å². The predicted molar refractivity (Wildman–Crippen MR) is 157 cm³/mol. The maximum absolute atomic E-state index is 15.2. The second-order valence-corrected chi connectivity index (χ2v) is 14.5. The molecule has 0 amide bonds. The van der Waals surface area contributed by atoms with Crippen molar-refractivity contribution >= 4 is 72.6 Å². The summed E-state index contributed by atoms with van der Waals surface area (Å²) in [5.41, 5.74) is 11.3. The molecular formula is C20H25FN10O9P2S2. The number of nitrogens with zero attached hydrogens (tertiary/aromatic N) is 7. The lowest BCUT2D eigenvalue weighted by molar-refractivity contribution is -0.0512. The van der Waals surface area contributed by atoms with Gasteiger partial charge in [0.2, 0.25) is 13.2 Å². The largest absolute Gasteiger partial charge is 0.387 e. The molecule has 0 aliphatic carbocycles. The summed E-state index contributed by atoms with van der Waals surface area (Å²) in [6.07, 6.45) is -5.45. The minimum Gasteiger partial charge on any atom is -0.387 e. The van der Waals surface area contributed by atoms with Gasteiger partial charge in [0, 0.05) is 6.42 Å². The monoisotopic (exact) mass is 694 g/mol. The number of fused-ring (bicyclic) bond motifs is 2. The van der Waals surface area contributed by atoms with E-state index in [9.17, 15) is 19.0 Å². The standard InChI is InChI=1S/C20H25FN10O9P2S2/c21-10-13(32)9(39-19(10)30-5-26-11-14(22)24-4-25-15(11)30)3-37-42(35,44)40-8-1-7(2-36-41(34)43)38-18(8)31-6-27-12-16(31)28-20(23)29-17(12)33/h4-10,13,18-19,32,41H,1-3H2,(H,34,43)(H,35,44)(H2,22,24,25)(H3,23,28,29,33)/t7-,8?,9+,10?,13?,18+,19+,42?/m0/s1. The number of alkyl halides is 1. The van der Waals surface area contributed by atoms with Crippen LogP contribution in [0, 0.1) is 0 Å². The van der Waals surface area contributed by atoms with Crippen molar-refractivity contribution in [3.63, 3.8) is 0 Å². The van der Waals surface area contributed by atoms with Gasteiger partial charge in [0.05, 0.1) is 32.0 Å². The number of rotatable bonds is 10. The van der Waals surface area contributed by atoms with Crippen molar-refractivity contribution in [1.29, 1.82) is 0 Å². The highest BCUT2D eigenvalue weighted by atomic mass is 32.7. The molecule has 2 aliphatic rings. The Hall–Kier alpha value is -2.65. The Balaban J connectivity index is 1.17. The molecule has 238 valence electrons. The summed E-state index contributed by atoms with van der Waals surface area (Å²) in [5.74, 6) is -0.107. The molecule has 0 saturated carbocycles. The molecule has 0 aromatic carbocycles. The van der Waals surface area contributed by atoms with Crippen LogP contribution in [0.5, 0.6) is 0 Å². The lowest BCUT2D eigenvalue weighted by atomic mass is 10.1. The van der Waals surface area contributed by atoms with Gasteiger partial charge in [-0.2, -0.15) is 4.98 Å². The second-order valence-electron chi connectivity index (χ2n) is 9.73. The molecule has 9 atom stereocenters. The van der Waals surface area contributed by atoms with Crippen molar-refractivity contribution < 1.29 is 41.7 Å². The molecule has 2 aliphatic heterocycles. The third-order valence-electron chi connectivity index (χ3n) is 6.89. The number of nitrogen functional groups attached to an aromatic ring is 2. The van der Waals surface area contributed by atoms with Crippen molar-refractivity contribution in [2.75, 3.05) is 24.7 Å². The average molecular weight is 695 g/mol. The zero-order chi connectivity index (χ0) is 31.3. The number of aromatic amines is 1. The Morgan fingerprint density at radius 1 is 1.14 bits per heavy atom. The Labute approximate surface area is 256 Å². The molecular weight excluding hydrogens is 669 g/mol. The van der Waals surface area contributed by atoms with Gasteiger partial charge >= 0.3 is 6.80 Å². The number of aliphatic hydroxyl groups is 1. The summed E-state index contributed by atoms with van der Waals surface area (Å²) in [6.45, 7) is -5.00. The fraction of sp³-hybridized carbons (Fsp3) is 0.500. The Morgan fingerprint density at radius 2 is 1.86 bits per heavy atom. The highest BCUT2D eigenvalue weighted by Crippen LogP contribution is 2.57. The van der Waals surface area contributed by atoms with Crippen LogP contribution in [0.3, 0.4) is 0 Å². The minimum atomic E-state index is -4.26. The Bertz CT molecular complexity index is 1830. The van der Waals surface area contributed by atoms with Crippen LogP contribution < -0.4 is 17.0 Å². The number of thiol groups is 2. The van der Waals surface area contributed by atoms with E-state index in [-0.39, 0.29) is 47.1 Å². The summed E-state index contributed by atoms with van der Waals surface area (Å²) in [7, 11) is -2.60. The first-order valence-corrected chi connectivity index (χ1v) is 18.0. The lowest BCUT2D eigenvalue weighted by Gasteiger charge is -2.24. The van der Waals surface area contributed by atoms with E-state index < -0.39 is 69.2 Å². The molecule has 6 heterocycles. The van der Waals surface area contributed by atoms with Crippen molar-refractivity contribution in [3.05, 3.63) is 29.3 Å². The van der Waals surface area contributed by atoms with Crippen molar-refractivity contribution in [3.8, 4) is 0 Å². The van der Waals surface area contributed by atoms with Gasteiger partial charge in [-0.25, -0.2) is 28.9 Å². The minimum absolute atomic E-state index is 0.0374. The molecule has 24 heteroatoms. The first-order chi connectivity index (χ1) is 20.9. The number of H-pyrrole nitrogens is 1. The van der Waals surface area contributed by atoms with Crippen LogP contribution in [-0.2, 0) is 32.2 Å². The molecule has 0 spiro atoms. The summed E-state index contributed by atoms with van der Waals surface area (Å²) in [5, 5.41) is 10.5. The number of aliphatic hydroxyl groups excluding tert-OH is 1. The van der Waals surface area contributed by atoms with Gasteiger partial charge in [0.15, 0.2) is 41.3 Å². The summed E-state index contributed by atoms with van der Waals surface area (Å²) >= 11 is 7.82. The highest BCUT2D eigenvalue weighted by molar-refractivity contribution is 8.44. The van der Waals surface area contributed by atoms with Crippen molar-refractivity contribution in [2.24, 2.45) is 0 Å². The smallest absolute Gasteiger partial charge is 0.386 e. The highest BCUT2D eigenvalue weighted by Gasteiger charge is 2.48. The normalized spacial score (nSPS) is 29.4. The van der Waals surface area contributed by atoms with Gasteiger partial charge in [-0.3, -0.25) is 32.5 Å². The molecule has 19 nitrogen and oxygen atoms in total. The maximum Gasteiger partial charge on any atom is 0.386 e. The molecule has 5 unspecified atom stereocenters. The van der Waals surface area contributed by atoms with Gasteiger partial charge in [-0.1, -0.05) is 24.5 Å². The number of hydrogen-bond acceptors (Lipinski definition) is 16. The van der Waals surface area contributed by atoms with Crippen molar-refractivity contribution in [2.45, 2.75) is 49.5 Å². The van der Waals surface area contributed by atoms with Crippen LogP contribution in [0.1, 0.15) is 18.9 Å². The predicted octanol–water partition coefficient (Wildman–Crippen LogP) is 0.784. The number of nitrogens with two attached hydrogens (primary N) is 2. The zero-order valence-corrected chi connectivity index (χ0v) is 25.8. The van der Waals surface area contributed by atoms with E-state index in [1.165, 1.54) is 28.1 Å². The van der Waals surface area contributed by atoms with Crippen LogP contribution in [-0.4, -0.2) is 87.9 Å². The molecule has 4 aromatic rings.